The van der Waals surface area contributed by atoms with Crippen LogP contribution in [0.5, 0.6) is 0 Å². The monoisotopic (exact) mass is 293 g/mol. The Morgan fingerprint density at radius 2 is 1.90 bits per heavy atom. The van der Waals surface area contributed by atoms with Gasteiger partial charge in [0.2, 0.25) is 5.28 Å². The minimum atomic E-state index is 0.286. The summed E-state index contributed by atoms with van der Waals surface area (Å²) < 4.78 is 7.48. The average Bonchev–Trinajstić information content (AvgIpc) is 2.80. The zero-order chi connectivity index (χ0) is 14.4. The van der Waals surface area contributed by atoms with Gasteiger partial charge in [0.15, 0.2) is 5.82 Å². The molecule has 1 aromatic carbocycles. The van der Waals surface area contributed by atoms with E-state index >= 15 is 0 Å². The van der Waals surface area contributed by atoms with E-state index in [0.29, 0.717) is 5.28 Å². The lowest BCUT2D eigenvalue weighted by atomic mass is 10.2. The normalized spacial score (nSPS) is 11.2. The van der Waals surface area contributed by atoms with Crippen LogP contribution in [0.25, 0.3) is 11.4 Å². The highest BCUT2D eigenvalue weighted by Gasteiger charge is 2.11. The number of unbranched alkanes of at least 4 members (excludes halogenated alkanes) is 1. The van der Waals surface area contributed by atoms with Crippen LogP contribution < -0.4 is 0 Å². The lowest BCUT2D eigenvalue weighted by molar-refractivity contribution is 0.0754. The lowest BCUT2D eigenvalue weighted by Gasteiger charge is -2.09. The molecule has 2 rings (SSSR count). The number of hydrogen-bond acceptors (Lipinski definition) is 3. The Morgan fingerprint density at radius 3 is 2.60 bits per heavy atom. The van der Waals surface area contributed by atoms with E-state index in [1.165, 1.54) is 0 Å². The number of benzene rings is 1. The third-order valence-electron chi connectivity index (χ3n) is 2.96. The number of rotatable bonds is 7. The molecule has 0 aliphatic heterocycles. The van der Waals surface area contributed by atoms with Gasteiger partial charge < -0.3 is 4.74 Å². The second-order valence-corrected chi connectivity index (χ2v) is 5.28. The molecule has 0 atom stereocenters. The van der Waals surface area contributed by atoms with Crippen molar-refractivity contribution in [1.82, 2.24) is 14.8 Å². The van der Waals surface area contributed by atoms with Crippen LogP contribution in [0.2, 0.25) is 5.28 Å². The topological polar surface area (TPSA) is 39.9 Å². The summed E-state index contributed by atoms with van der Waals surface area (Å²) in [4.78, 5) is 0. The molecule has 0 bridgehead atoms. The molecular weight excluding hydrogens is 274 g/mol. The maximum absolute atomic E-state index is 6.12. The Hall–Kier alpha value is -1.39. The summed E-state index contributed by atoms with van der Waals surface area (Å²) in [5.74, 6) is 0.820. The van der Waals surface area contributed by atoms with Crippen molar-refractivity contribution in [3.8, 4) is 11.4 Å². The van der Waals surface area contributed by atoms with Crippen molar-refractivity contribution in [2.24, 2.45) is 0 Å². The van der Waals surface area contributed by atoms with Crippen LogP contribution in [0.1, 0.15) is 26.7 Å². The highest BCUT2D eigenvalue weighted by atomic mass is 35.5. The van der Waals surface area contributed by atoms with Crippen LogP contribution in [0, 0.1) is 0 Å². The molecule has 1 aromatic heterocycles. The first-order chi connectivity index (χ1) is 9.68. The van der Waals surface area contributed by atoms with Gasteiger partial charge in [-0.15, -0.1) is 10.2 Å². The Labute approximate surface area is 124 Å². The zero-order valence-electron chi connectivity index (χ0n) is 11.9. The first-order valence-corrected chi connectivity index (χ1v) is 7.32. The third kappa shape index (κ3) is 4.05. The van der Waals surface area contributed by atoms with Crippen LogP contribution in [-0.4, -0.2) is 27.5 Å². The summed E-state index contributed by atoms with van der Waals surface area (Å²) in [7, 11) is 0. The van der Waals surface area contributed by atoms with E-state index in [2.05, 4.69) is 10.2 Å². The molecule has 5 heteroatoms. The van der Waals surface area contributed by atoms with Gasteiger partial charge in [-0.3, -0.25) is 4.57 Å². The minimum Gasteiger partial charge on any atom is -0.379 e. The van der Waals surface area contributed by atoms with Crippen LogP contribution in [0.15, 0.2) is 30.3 Å². The van der Waals surface area contributed by atoms with E-state index in [1.807, 2.05) is 48.7 Å². The van der Waals surface area contributed by atoms with Gasteiger partial charge in [0.05, 0.1) is 6.10 Å². The summed E-state index contributed by atoms with van der Waals surface area (Å²) in [5.41, 5.74) is 1.03. The quantitative estimate of drug-likeness (QED) is 0.729. The van der Waals surface area contributed by atoms with E-state index in [0.717, 1.165) is 37.4 Å². The highest BCUT2D eigenvalue weighted by Crippen LogP contribution is 2.20. The summed E-state index contributed by atoms with van der Waals surface area (Å²) >= 11 is 6.12. The van der Waals surface area contributed by atoms with Gasteiger partial charge in [0.1, 0.15) is 0 Å². The van der Waals surface area contributed by atoms with E-state index < -0.39 is 0 Å². The van der Waals surface area contributed by atoms with Gasteiger partial charge in [-0.2, -0.15) is 0 Å². The van der Waals surface area contributed by atoms with Gasteiger partial charge in [0, 0.05) is 18.7 Å². The molecule has 108 valence electrons. The van der Waals surface area contributed by atoms with Crippen molar-refractivity contribution in [2.45, 2.75) is 39.3 Å². The molecular formula is C15H20ClN3O. The molecule has 0 N–H and O–H groups in total. The average molecular weight is 294 g/mol. The van der Waals surface area contributed by atoms with Crippen molar-refractivity contribution in [1.29, 1.82) is 0 Å². The van der Waals surface area contributed by atoms with Gasteiger partial charge >= 0.3 is 0 Å². The molecule has 0 fully saturated rings. The smallest absolute Gasteiger partial charge is 0.225 e. The summed E-state index contributed by atoms with van der Waals surface area (Å²) in [6.07, 6.45) is 2.28. The van der Waals surface area contributed by atoms with E-state index in [9.17, 15) is 0 Å². The zero-order valence-corrected chi connectivity index (χ0v) is 12.7. The Balaban J connectivity index is 1.96. The fourth-order valence-electron chi connectivity index (χ4n) is 1.97. The third-order valence-corrected chi connectivity index (χ3v) is 3.24. The van der Waals surface area contributed by atoms with Crippen molar-refractivity contribution in [3.05, 3.63) is 35.6 Å². The fourth-order valence-corrected chi connectivity index (χ4v) is 2.18. The molecule has 4 nitrogen and oxygen atoms in total. The molecule has 2 aromatic rings. The second kappa shape index (κ2) is 7.41. The van der Waals surface area contributed by atoms with Gasteiger partial charge in [-0.25, -0.2) is 0 Å². The van der Waals surface area contributed by atoms with Crippen LogP contribution in [0.4, 0.5) is 0 Å². The number of aromatic nitrogens is 3. The van der Waals surface area contributed by atoms with E-state index in [-0.39, 0.29) is 6.10 Å². The molecule has 1 heterocycles. The molecule has 0 radical (unpaired) electrons. The molecule has 0 saturated heterocycles. The Kier molecular flexibility index (Phi) is 5.56. The molecule has 0 amide bonds. The maximum Gasteiger partial charge on any atom is 0.225 e. The summed E-state index contributed by atoms with van der Waals surface area (Å²) in [6, 6.07) is 9.98. The lowest BCUT2D eigenvalue weighted by Crippen LogP contribution is -2.06. The Morgan fingerprint density at radius 1 is 1.15 bits per heavy atom. The summed E-state index contributed by atoms with van der Waals surface area (Å²) in [6.45, 7) is 5.67. The van der Waals surface area contributed by atoms with Crippen LogP contribution in [-0.2, 0) is 11.3 Å². The predicted molar refractivity (Wildman–Crippen MR) is 80.8 cm³/mol. The number of nitrogens with zero attached hydrogens (tertiary/aromatic N) is 3. The molecule has 0 aliphatic carbocycles. The van der Waals surface area contributed by atoms with Crippen LogP contribution in [0.3, 0.4) is 0 Å². The van der Waals surface area contributed by atoms with Crippen molar-refractivity contribution < 1.29 is 4.74 Å². The van der Waals surface area contributed by atoms with Gasteiger partial charge in [-0.1, -0.05) is 30.3 Å². The largest absolute Gasteiger partial charge is 0.379 e. The van der Waals surface area contributed by atoms with Crippen molar-refractivity contribution >= 4 is 11.6 Å². The number of ether oxygens (including phenoxy) is 1. The molecule has 0 aliphatic rings. The number of hydrogen-bond donors (Lipinski definition) is 0. The SMILES string of the molecule is CC(C)OCCCCn1c(Cl)nnc1-c1ccccc1. The molecule has 0 unspecified atom stereocenters. The fraction of sp³-hybridized carbons (Fsp3) is 0.467. The minimum absolute atomic E-state index is 0.286. The summed E-state index contributed by atoms with van der Waals surface area (Å²) in [5, 5.41) is 8.57. The molecule has 0 spiro atoms. The Bertz CT molecular complexity index is 525. The molecule has 0 saturated carbocycles. The number of halogens is 1. The highest BCUT2D eigenvalue weighted by molar-refractivity contribution is 6.28. The van der Waals surface area contributed by atoms with E-state index in [1.54, 1.807) is 0 Å². The van der Waals surface area contributed by atoms with Crippen molar-refractivity contribution in [2.75, 3.05) is 6.61 Å². The molecule has 20 heavy (non-hydrogen) atoms. The predicted octanol–water partition coefficient (Wildman–Crippen LogP) is 3.80. The van der Waals surface area contributed by atoms with Crippen molar-refractivity contribution in [3.63, 3.8) is 0 Å². The maximum atomic E-state index is 6.12. The second-order valence-electron chi connectivity index (χ2n) is 4.94. The first-order valence-electron chi connectivity index (χ1n) is 6.94. The van der Waals surface area contributed by atoms with Gasteiger partial charge in [0.25, 0.3) is 0 Å². The first kappa shape index (κ1) is 15.0. The standard InChI is InChI=1S/C15H20ClN3O/c1-12(2)20-11-7-6-10-19-14(17-18-15(19)16)13-8-4-3-5-9-13/h3-5,8-9,12H,6-7,10-11H2,1-2H3. The van der Waals surface area contributed by atoms with Crippen LogP contribution >= 0.6 is 11.6 Å². The van der Waals surface area contributed by atoms with E-state index in [4.69, 9.17) is 16.3 Å². The van der Waals surface area contributed by atoms with Gasteiger partial charge in [-0.05, 0) is 38.3 Å².